The molecule has 0 unspecified atom stereocenters. The van der Waals surface area contributed by atoms with Gasteiger partial charge in [-0.15, -0.1) is 0 Å². The number of rotatable bonds is 3. The van der Waals surface area contributed by atoms with Crippen LogP contribution in [0.25, 0.3) is 11.0 Å². The number of carbonyl (C=O) groups excluding carboxylic acids is 1. The normalized spacial score (nSPS) is 17.0. The summed E-state index contributed by atoms with van der Waals surface area (Å²) in [6, 6.07) is 6.98. The Morgan fingerprint density at radius 2 is 1.95 bits per heavy atom. The molecule has 0 spiro atoms. The predicted molar refractivity (Wildman–Crippen MR) is 77.3 cm³/mol. The summed E-state index contributed by atoms with van der Waals surface area (Å²) in [4.78, 5) is 23.8. The van der Waals surface area contributed by atoms with E-state index in [2.05, 4.69) is 5.32 Å². The van der Waals surface area contributed by atoms with Crippen molar-refractivity contribution in [2.75, 3.05) is 0 Å². The zero-order chi connectivity index (χ0) is 15.0. The van der Waals surface area contributed by atoms with Crippen molar-refractivity contribution in [2.24, 2.45) is 0 Å². The number of carboxylic acid groups (broad SMARTS) is 1. The molecular weight excluding hydrogens is 270 g/mol. The Balaban J connectivity index is 1.87. The summed E-state index contributed by atoms with van der Waals surface area (Å²) in [6.45, 7) is 1.84. The van der Waals surface area contributed by atoms with Gasteiger partial charge in [0.05, 0.1) is 0 Å². The van der Waals surface area contributed by atoms with Gasteiger partial charge >= 0.3 is 5.97 Å². The number of aryl methyl sites for hydroxylation is 1. The van der Waals surface area contributed by atoms with E-state index in [9.17, 15) is 14.7 Å². The number of aliphatic carboxylic acids is 1. The molecule has 1 aliphatic carbocycles. The summed E-state index contributed by atoms with van der Waals surface area (Å²) >= 11 is 0. The average molecular weight is 287 g/mol. The van der Waals surface area contributed by atoms with Crippen LogP contribution < -0.4 is 5.32 Å². The van der Waals surface area contributed by atoms with E-state index in [-0.39, 0.29) is 5.91 Å². The molecule has 0 saturated heterocycles. The molecule has 110 valence electrons. The van der Waals surface area contributed by atoms with Crippen molar-refractivity contribution >= 4 is 22.8 Å². The largest absolute Gasteiger partial charge is 0.480 e. The van der Waals surface area contributed by atoms with Crippen molar-refractivity contribution in [3.8, 4) is 0 Å². The zero-order valence-corrected chi connectivity index (χ0v) is 11.8. The topological polar surface area (TPSA) is 79.5 Å². The van der Waals surface area contributed by atoms with E-state index in [0.29, 0.717) is 18.4 Å². The molecule has 1 heterocycles. The molecule has 1 aromatic carbocycles. The molecule has 2 aromatic rings. The number of benzene rings is 1. The molecule has 1 amide bonds. The van der Waals surface area contributed by atoms with Crippen LogP contribution in [0.1, 0.15) is 41.8 Å². The number of amides is 1. The molecule has 1 fully saturated rings. The standard InChI is InChI=1S/C16H17NO4/c1-10-8-12-9-11(4-5-13(12)21-10)14(18)17-16(15(19)20)6-2-3-7-16/h4-5,8-9H,2-3,6-7H2,1H3,(H,17,18)(H,19,20). The first-order valence-corrected chi connectivity index (χ1v) is 7.06. The van der Waals surface area contributed by atoms with Gasteiger partial charge in [-0.05, 0) is 44.0 Å². The summed E-state index contributed by atoms with van der Waals surface area (Å²) in [5, 5.41) is 13.0. The second-order valence-corrected chi connectivity index (χ2v) is 5.66. The lowest BCUT2D eigenvalue weighted by Gasteiger charge is -2.25. The molecule has 3 rings (SSSR count). The highest BCUT2D eigenvalue weighted by molar-refractivity contribution is 6.00. The van der Waals surface area contributed by atoms with Gasteiger partial charge in [0.2, 0.25) is 0 Å². The van der Waals surface area contributed by atoms with Gasteiger partial charge in [-0.2, -0.15) is 0 Å². The van der Waals surface area contributed by atoms with Gasteiger partial charge in [0.1, 0.15) is 16.9 Å². The third-order valence-corrected chi connectivity index (χ3v) is 4.12. The van der Waals surface area contributed by atoms with Gasteiger partial charge < -0.3 is 14.8 Å². The maximum absolute atomic E-state index is 12.4. The van der Waals surface area contributed by atoms with Crippen LogP contribution >= 0.6 is 0 Å². The molecule has 2 N–H and O–H groups in total. The van der Waals surface area contributed by atoms with Crippen LogP contribution in [0, 0.1) is 6.92 Å². The van der Waals surface area contributed by atoms with Crippen molar-refractivity contribution in [1.29, 1.82) is 0 Å². The molecule has 1 saturated carbocycles. The lowest BCUT2D eigenvalue weighted by Crippen LogP contribution is -2.52. The van der Waals surface area contributed by atoms with Crippen LogP contribution in [0.15, 0.2) is 28.7 Å². The van der Waals surface area contributed by atoms with E-state index < -0.39 is 11.5 Å². The quantitative estimate of drug-likeness (QED) is 0.909. The highest BCUT2D eigenvalue weighted by Gasteiger charge is 2.42. The maximum Gasteiger partial charge on any atom is 0.329 e. The monoisotopic (exact) mass is 287 g/mol. The first kappa shape index (κ1) is 13.7. The lowest BCUT2D eigenvalue weighted by molar-refractivity contribution is -0.144. The van der Waals surface area contributed by atoms with Crippen molar-refractivity contribution < 1.29 is 19.1 Å². The third kappa shape index (κ3) is 2.39. The van der Waals surface area contributed by atoms with Gasteiger partial charge in [0, 0.05) is 10.9 Å². The molecule has 0 bridgehead atoms. The molecule has 1 aliphatic rings. The minimum atomic E-state index is -1.11. The Morgan fingerprint density at radius 1 is 1.24 bits per heavy atom. The molecule has 0 atom stereocenters. The molecule has 1 aromatic heterocycles. The van der Waals surface area contributed by atoms with E-state index >= 15 is 0 Å². The van der Waals surface area contributed by atoms with Gasteiger partial charge in [-0.1, -0.05) is 12.8 Å². The van der Waals surface area contributed by atoms with Gasteiger partial charge in [0.15, 0.2) is 0 Å². The molecular formula is C16H17NO4. The molecule has 5 heteroatoms. The summed E-state index contributed by atoms with van der Waals surface area (Å²) in [6.07, 6.45) is 2.63. The zero-order valence-electron chi connectivity index (χ0n) is 11.8. The number of nitrogens with one attached hydrogen (secondary N) is 1. The Hall–Kier alpha value is -2.30. The second kappa shape index (κ2) is 4.91. The van der Waals surface area contributed by atoms with Gasteiger partial charge in [-0.3, -0.25) is 4.79 Å². The van der Waals surface area contributed by atoms with Crippen LogP contribution in [0.4, 0.5) is 0 Å². The molecule has 21 heavy (non-hydrogen) atoms. The highest BCUT2D eigenvalue weighted by atomic mass is 16.4. The van der Waals surface area contributed by atoms with E-state index in [1.54, 1.807) is 18.2 Å². The molecule has 0 aliphatic heterocycles. The Bertz CT molecular complexity index is 710. The van der Waals surface area contributed by atoms with E-state index in [1.807, 2.05) is 13.0 Å². The van der Waals surface area contributed by atoms with Crippen molar-refractivity contribution in [1.82, 2.24) is 5.32 Å². The maximum atomic E-state index is 12.4. The fourth-order valence-electron chi connectivity index (χ4n) is 2.98. The first-order valence-electron chi connectivity index (χ1n) is 7.06. The second-order valence-electron chi connectivity index (χ2n) is 5.66. The van der Waals surface area contributed by atoms with E-state index in [1.165, 1.54) is 0 Å². The SMILES string of the molecule is Cc1cc2cc(C(=O)NC3(C(=O)O)CCCC3)ccc2o1. The summed E-state index contributed by atoms with van der Waals surface area (Å²) < 4.78 is 5.47. The fourth-order valence-corrected chi connectivity index (χ4v) is 2.98. The molecule has 0 radical (unpaired) electrons. The highest BCUT2D eigenvalue weighted by Crippen LogP contribution is 2.30. The smallest absolute Gasteiger partial charge is 0.329 e. The minimum Gasteiger partial charge on any atom is -0.480 e. The number of carboxylic acids is 1. The number of fused-ring (bicyclic) bond motifs is 1. The van der Waals surface area contributed by atoms with Crippen LogP contribution in [-0.4, -0.2) is 22.5 Å². The number of hydrogen-bond acceptors (Lipinski definition) is 3. The summed E-state index contributed by atoms with van der Waals surface area (Å²) in [7, 11) is 0. The third-order valence-electron chi connectivity index (χ3n) is 4.12. The first-order chi connectivity index (χ1) is 10.00. The van der Waals surface area contributed by atoms with Crippen LogP contribution in [0.2, 0.25) is 0 Å². The van der Waals surface area contributed by atoms with Crippen molar-refractivity contribution in [3.63, 3.8) is 0 Å². The van der Waals surface area contributed by atoms with Crippen LogP contribution in [-0.2, 0) is 4.79 Å². The molecule has 5 nitrogen and oxygen atoms in total. The van der Waals surface area contributed by atoms with Crippen molar-refractivity contribution in [2.45, 2.75) is 38.1 Å². The summed E-state index contributed by atoms with van der Waals surface area (Å²) in [5.41, 5.74) is 0.0620. The van der Waals surface area contributed by atoms with Crippen LogP contribution in [0.3, 0.4) is 0 Å². The fraction of sp³-hybridized carbons (Fsp3) is 0.375. The Labute approximate surface area is 121 Å². The lowest BCUT2D eigenvalue weighted by atomic mass is 9.97. The van der Waals surface area contributed by atoms with Gasteiger partial charge in [0.25, 0.3) is 5.91 Å². The van der Waals surface area contributed by atoms with Gasteiger partial charge in [-0.25, -0.2) is 4.79 Å². The minimum absolute atomic E-state index is 0.347. The Morgan fingerprint density at radius 3 is 2.62 bits per heavy atom. The number of furan rings is 1. The van der Waals surface area contributed by atoms with E-state index in [4.69, 9.17) is 4.42 Å². The van der Waals surface area contributed by atoms with Crippen molar-refractivity contribution in [3.05, 3.63) is 35.6 Å². The average Bonchev–Trinajstić information content (AvgIpc) is 3.03. The predicted octanol–water partition coefficient (Wildman–Crippen LogP) is 2.87. The number of hydrogen-bond donors (Lipinski definition) is 2. The number of carbonyl (C=O) groups is 2. The van der Waals surface area contributed by atoms with E-state index in [0.717, 1.165) is 29.6 Å². The summed E-state index contributed by atoms with van der Waals surface area (Å²) in [5.74, 6) is -0.519. The Kier molecular flexibility index (Phi) is 3.20. The van der Waals surface area contributed by atoms with Crippen LogP contribution in [0.5, 0.6) is 0 Å².